The summed E-state index contributed by atoms with van der Waals surface area (Å²) in [6, 6.07) is 26.8. The number of phenolic OH excluding ortho intramolecular Hbond substituents is 2. The van der Waals surface area contributed by atoms with E-state index in [-0.39, 0.29) is 101 Å². The average molecular weight is 2240 g/mol. The molecule has 760 valence electrons. The van der Waals surface area contributed by atoms with E-state index in [0.29, 0.717) is 11.3 Å². The maximum atomic E-state index is 13.5. The van der Waals surface area contributed by atoms with Gasteiger partial charge in [-0.25, -0.2) is 68.6 Å². The molecule has 0 saturated carbocycles. The first-order valence-corrected chi connectivity index (χ1v) is 59.6. The Kier molecular flexibility index (Phi) is 39.5. The molecule has 5 fully saturated rings. The van der Waals surface area contributed by atoms with Gasteiger partial charge in [0.1, 0.15) is 114 Å². The molecule has 140 heavy (non-hydrogen) atoms. The van der Waals surface area contributed by atoms with Crippen molar-refractivity contribution in [3.05, 3.63) is 163 Å². The SMILES string of the molecule is C.CN(C[C@H]1O[C@@H](n2cnc3c(N)ncnc32)[C@H](O)[C@@H]1O)S(=O)(=O)NC(=O)c1ccccc1O.CN(C[C@H]1O[C@@H](n2cnc3c(NC(=O)OC(C)(C)C)ncnc32)[C@@H]2OC(C)(C)O[C@@H]21)S(=O)(=O)NC(=O)c1ccccc1O.CN(C[C@H]1O[C@@H](n2cnc3c(NC(=O)OC(C)(C)C)ncnc32)[C@@H]2OC(C)(C)O[C@@H]21)S(=O)(=O)NC(=O)c1ccccc1OCc1ccccc1.S=S=S=S=S=S.S=S=S=S=S=S=S. The summed E-state index contributed by atoms with van der Waals surface area (Å²) >= 11 is 18.2. The molecular weight excluding hydrogens is 2140 g/mol. The number of phenols is 2. The highest BCUT2D eigenvalue weighted by atomic mass is 33.4. The number of ether oxygens (including phenoxy) is 10. The number of aromatic hydroxyl groups is 2. The van der Waals surface area contributed by atoms with Gasteiger partial charge in [0.2, 0.25) is 0 Å². The Morgan fingerprint density at radius 3 is 1.21 bits per heavy atom. The maximum absolute atomic E-state index is 13.5. The summed E-state index contributed by atoms with van der Waals surface area (Å²) in [5.41, 5.74) is 6.54. The van der Waals surface area contributed by atoms with E-state index in [1.165, 1.54) is 165 Å². The second kappa shape index (κ2) is 49.0. The average Bonchev–Trinajstić information content (AvgIpc) is 1.58. The number of imidazole rings is 3. The molecule has 46 nitrogen and oxygen atoms in total. The Morgan fingerprint density at radius 2 is 0.800 bits per heavy atom. The second-order valence-electron chi connectivity index (χ2n) is 32.8. The van der Waals surface area contributed by atoms with Crippen molar-refractivity contribution in [3.63, 3.8) is 0 Å². The normalized spacial score (nSPS) is 20.9. The number of para-hydroxylation sites is 3. The number of hydrogen-bond donors (Lipinski definition) is 10. The molecule has 0 spiro atoms. The first-order chi connectivity index (χ1) is 65.6. The lowest BCUT2D eigenvalue weighted by molar-refractivity contribution is -0.196. The van der Waals surface area contributed by atoms with Crippen molar-refractivity contribution in [2.24, 2.45) is 0 Å². The molecule has 10 aromatic rings. The second-order valence-corrected chi connectivity index (χ2v) is 54.1. The number of hydrogen-bond acceptors (Lipinski definition) is 39. The summed E-state index contributed by atoms with van der Waals surface area (Å²) in [7, 11) is 3.68. The molecule has 0 radical (unpaired) electrons. The van der Waals surface area contributed by atoms with E-state index in [1.54, 1.807) is 123 Å². The molecule has 11 heterocycles. The van der Waals surface area contributed by atoms with Crippen LogP contribution in [0.15, 0.2) is 141 Å². The number of nitrogen functional groups attached to an aromatic ring is 1. The van der Waals surface area contributed by atoms with Gasteiger partial charge in [-0.05, 0) is 111 Å². The number of benzene rings is 4. The Morgan fingerprint density at radius 1 is 0.457 bits per heavy atom. The molecule has 62 heteroatoms. The Labute approximate surface area is 848 Å². The number of likely N-dealkylation sites (N-methyl/N-ethyl adjacent to an activating group) is 3. The van der Waals surface area contributed by atoms with Crippen LogP contribution in [0, 0.1) is 0 Å². The van der Waals surface area contributed by atoms with Gasteiger partial charge in [0.05, 0.1) is 35.7 Å². The number of nitrogens with zero attached hydrogens (tertiary/aromatic N) is 15. The van der Waals surface area contributed by atoms with Gasteiger partial charge >= 0.3 is 42.8 Å². The predicted octanol–water partition coefficient (Wildman–Crippen LogP) is 4.62. The van der Waals surface area contributed by atoms with E-state index in [0.717, 1.165) is 25.5 Å². The van der Waals surface area contributed by atoms with Crippen LogP contribution in [-0.4, -0.2) is 266 Å². The van der Waals surface area contributed by atoms with Crippen LogP contribution < -0.4 is 35.3 Å². The highest BCUT2D eigenvalue weighted by Crippen LogP contribution is 2.47. The highest BCUT2D eigenvalue weighted by molar-refractivity contribution is 8.68. The smallest absolute Gasteiger partial charge is 0.413 e. The van der Waals surface area contributed by atoms with Crippen LogP contribution in [0.5, 0.6) is 17.2 Å². The molecule has 0 unspecified atom stereocenters. The summed E-state index contributed by atoms with van der Waals surface area (Å²) in [5, 5.41) is 45.8. The van der Waals surface area contributed by atoms with Crippen molar-refractivity contribution in [1.29, 1.82) is 0 Å². The number of rotatable bonds is 23. The molecule has 5 aliphatic heterocycles. The van der Waals surface area contributed by atoms with Gasteiger partial charge in [-0.3, -0.25) is 38.7 Å². The van der Waals surface area contributed by atoms with Gasteiger partial charge < -0.3 is 73.5 Å². The van der Waals surface area contributed by atoms with Gasteiger partial charge in [0.15, 0.2) is 75.7 Å². The topological polar surface area (TPSA) is 588 Å². The van der Waals surface area contributed by atoms with Crippen LogP contribution in [-0.2, 0) is 205 Å². The minimum Gasteiger partial charge on any atom is -0.507 e. The van der Waals surface area contributed by atoms with Crippen molar-refractivity contribution in [3.8, 4) is 17.2 Å². The number of nitrogens with two attached hydrogens (primary N) is 1. The van der Waals surface area contributed by atoms with Crippen LogP contribution in [0.3, 0.4) is 0 Å². The number of aliphatic hydroxyl groups excluding tert-OH is 2. The molecule has 6 aromatic heterocycles. The van der Waals surface area contributed by atoms with Crippen molar-refractivity contribution < 1.29 is 117 Å². The van der Waals surface area contributed by atoms with Gasteiger partial charge in [0.25, 0.3) is 17.7 Å². The molecular formula is C78H97N21O25S16. The molecule has 5 amide bonds. The number of carbonyl (C=O) groups excluding carboxylic acids is 5. The monoisotopic (exact) mass is 2240 g/mol. The van der Waals surface area contributed by atoms with E-state index in [9.17, 15) is 69.7 Å². The van der Waals surface area contributed by atoms with Crippen LogP contribution in [0.25, 0.3) is 33.5 Å². The van der Waals surface area contributed by atoms with Crippen LogP contribution in [0.1, 0.15) is 132 Å². The fraction of sp³-hybridized carbons (Fsp3) is 0.436. The molecule has 0 aliphatic carbocycles. The van der Waals surface area contributed by atoms with Gasteiger partial charge in [-0.2, -0.15) is 38.2 Å². The third-order valence-electron chi connectivity index (χ3n) is 19.8. The molecule has 4 aromatic carbocycles. The molecule has 12 atom stereocenters. The van der Waals surface area contributed by atoms with E-state index in [2.05, 4.69) is 105 Å². The van der Waals surface area contributed by atoms with E-state index in [4.69, 9.17) is 53.1 Å². The fourth-order valence-electron chi connectivity index (χ4n) is 14.0. The molecule has 5 saturated heterocycles. The third kappa shape index (κ3) is 29.4. The zero-order chi connectivity index (χ0) is 101. The van der Waals surface area contributed by atoms with E-state index < -0.39 is 163 Å². The lowest BCUT2D eigenvalue weighted by Gasteiger charge is -2.27. The predicted molar refractivity (Wildman–Crippen MR) is 544 cm³/mol. The molecule has 11 N–H and O–H groups in total. The minimum atomic E-state index is -4.37. The van der Waals surface area contributed by atoms with Gasteiger partial charge in [-0.1, -0.05) is 74.2 Å². The Balaban J connectivity index is 0.000000205. The number of fused-ring (bicyclic) bond motifs is 5. The number of anilines is 3. The zero-order valence-electron chi connectivity index (χ0n) is 75.2. The fourth-order valence-corrected chi connectivity index (χ4v) is 30.2. The lowest BCUT2D eigenvalue weighted by Crippen LogP contribution is -2.46. The molecule has 5 aliphatic rings. The number of amides is 5. The zero-order valence-corrected chi connectivity index (χ0v) is 88.3. The third-order valence-corrected chi connectivity index (χ3v) is 39.6. The Hall–Kier alpha value is -9.09. The van der Waals surface area contributed by atoms with E-state index >= 15 is 0 Å². The van der Waals surface area contributed by atoms with Crippen LogP contribution >= 0.6 is 0 Å². The largest absolute Gasteiger partial charge is 0.507 e. The van der Waals surface area contributed by atoms with Gasteiger partial charge in [-0.15, -0.1) is 0 Å². The highest BCUT2D eigenvalue weighted by Gasteiger charge is 2.59. The first kappa shape index (κ1) is 113. The minimum absolute atomic E-state index is 0. The molecule has 15 rings (SSSR count). The summed E-state index contributed by atoms with van der Waals surface area (Å²) in [5.74, 6) is -5.04. The quantitative estimate of drug-likeness (QED) is 0.0417. The van der Waals surface area contributed by atoms with E-state index in [1.807, 2.05) is 39.8 Å². The number of nitrogens with one attached hydrogen (secondary N) is 5. The van der Waals surface area contributed by atoms with Crippen LogP contribution in [0.2, 0.25) is 0 Å². The van der Waals surface area contributed by atoms with Gasteiger partial charge in [0, 0.05) is 165 Å². The number of carbonyl (C=O) groups is 5. The van der Waals surface area contributed by atoms with Crippen LogP contribution in [0.4, 0.5) is 27.0 Å². The van der Waals surface area contributed by atoms with Crippen molar-refractivity contribution in [2.75, 3.05) is 57.1 Å². The first-order valence-electron chi connectivity index (χ1n) is 40.6. The van der Waals surface area contributed by atoms with Crippen molar-refractivity contribution >= 4 is 236 Å². The standard InChI is InChI=1S/C33H39N7O9S.C26H33N7O9S.C18H21N7O7S.CH4.S7.S6/c1-32(2,3)49-31(42)37-27-24-28(35-18-34-27)40(19-36-24)30-26-25(47-33(4,5)48-26)23(46-30)16-39(6)50(43,44)38-29(41)21-14-10-11-15-22(21)45-17-20-12-8-7-9-13-20;1-25(2,3)42-24(36)30-20-17-21(28-12-27-20)33(13-29-17)23-19-18(40-26(4,5)41-19)16(39-23)11-32(6)43(37,38)31-22(35)14-9-7-8-10-15(14)34;1-24(33(30,31)23-17(29)9-4-2-3-5-10(9)26)6-11-13(27)14(28)18(32-11)25-8-22-12-15(19)20-7-21-16(12)25;;1-3-5-7-6-4-2;1-3-5-6-4-2/h7-15,18-19,23,25-26,30H,16-17H2,1-6H3,(H,38,41)(H,34,35,37,42);7-10,12-13,16,18-19,23,34H,11H2,1-6H3,(H,31,35)(H,27,28,30,36);2-5,7-8,11,13-14,18,26-28H,6H2,1H3,(H,23,29)(H2,19,20,21);1H4;;/t23-,25-,26-,30-;16-,18-,19-,23-;11-,13-,14-,18-;;;/m111.../s1. The summed E-state index contributed by atoms with van der Waals surface area (Å²) in [4.78, 5) is 101. The summed E-state index contributed by atoms with van der Waals surface area (Å²) in [6.45, 7) is 16.7. The molecule has 0 bridgehead atoms. The van der Waals surface area contributed by atoms with Crippen molar-refractivity contribution in [1.82, 2.24) is 85.6 Å². The Bertz CT molecular complexity index is 6960. The van der Waals surface area contributed by atoms with Crippen molar-refractivity contribution in [2.45, 2.75) is 180 Å². The summed E-state index contributed by atoms with van der Waals surface area (Å²) in [6.07, 6.45) is -4.80. The number of aromatic nitrogens is 12. The maximum Gasteiger partial charge on any atom is 0.413 e. The number of aliphatic hydroxyl groups is 2. The lowest BCUT2D eigenvalue weighted by atomic mass is 10.1. The summed E-state index contributed by atoms with van der Waals surface area (Å²) < 4.78 is 151.